The van der Waals surface area contributed by atoms with Crippen molar-refractivity contribution < 1.29 is 4.92 Å². The van der Waals surface area contributed by atoms with Gasteiger partial charge in [-0.25, -0.2) is 0 Å². The van der Waals surface area contributed by atoms with Crippen molar-refractivity contribution in [2.45, 2.75) is 13.5 Å². The minimum atomic E-state index is -0.645. The Bertz CT molecular complexity index is 998. The predicted molar refractivity (Wildman–Crippen MR) is 95.3 cm³/mol. The highest BCUT2D eigenvalue weighted by molar-refractivity contribution is 6.30. The Kier molecular flexibility index (Phi) is 4.22. The number of benzene rings is 2. The van der Waals surface area contributed by atoms with Crippen molar-refractivity contribution in [1.29, 1.82) is 0 Å². The highest BCUT2D eigenvalue weighted by Gasteiger charge is 2.25. The van der Waals surface area contributed by atoms with Crippen LogP contribution in [-0.4, -0.2) is 9.49 Å². The Balaban J connectivity index is 2.35. The maximum Gasteiger partial charge on any atom is 0.357 e. The molecule has 7 heteroatoms. The molecule has 1 heterocycles. The number of para-hydroxylation sites is 1. The zero-order valence-electron chi connectivity index (χ0n) is 12.8. The number of nitro groups is 1. The van der Waals surface area contributed by atoms with Crippen molar-refractivity contribution in [2.24, 2.45) is 0 Å². The number of halogens is 1. The van der Waals surface area contributed by atoms with Crippen LogP contribution in [0.5, 0.6) is 0 Å². The summed E-state index contributed by atoms with van der Waals surface area (Å²) in [4.78, 5) is 23.5. The largest absolute Gasteiger partial charge is 0.357 e. The lowest BCUT2D eigenvalue weighted by atomic mass is 10.1. The van der Waals surface area contributed by atoms with E-state index >= 15 is 0 Å². The van der Waals surface area contributed by atoms with Gasteiger partial charge in [0.15, 0.2) is 0 Å². The number of aromatic nitrogens is 1. The molecule has 0 atom stereocenters. The smallest absolute Gasteiger partial charge is 0.349 e. The molecule has 3 aromatic rings. The van der Waals surface area contributed by atoms with E-state index in [9.17, 15) is 14.9 Å². The third-order valence-corrected chi connectivity index (χ3v) is 3.98. The third-order valence-electron chi connectivity index (χ3n) is 3.74. The van der Waals surface area contributed by atoms with E-state index in [1.165, 1.54) is 4.57 Å². The fraction of sp³-hybridized carbons (Fsp3) is 0.118. The fourth-order valence-corrected chi connectivity index (χ4v) is 2.90. The van der Waals surface area contributed by atoms with E-state index < -0.39 is 16.2 Å². The molecule has 0 aliphatic heterocycles. The number of nitrogens with zero attached hydrogens (tertiary/aromatic N) is 2. The number of anilines is 2. The van der Waals surface area contributed by atoms with Crippen molar-refractivity contribution in [3.05, 3.63) is 74.0 Å². The SMILES string of the molecule is CCn1c(=O)c([N+](=O)[O-])c(Nc2cccc(Cl)c2)c2ccccc21. The Morgan fingerprint density at radius 1 is 1.21 bits per heavy atom. The van der Waals surface area contributed by atoms with Gasteiger partial charge in [-0.05, 0) is 31.2 Å². The van der Waals surface area contributed by atoms with Crippen molar-refractivity contribution in [3.63, 3.8) is 0 Å². The molecule has 0 saturated heterocycles. The van der Waals surface area contributed by atoms with E-state index in [2.05, 4.69) is 5.32 Å². The Morgan fingerprint density at radius 3 is 2.62 bits per heavy atom. The third kappa shape index (κ3) is 2.72. The molecule has 1 N–H and O–H groups in total. The molecule has 1 aromatic heterocycles. The van der Waals surface area contributed by atoms with Gasteiger partial charge in [0.1, 0.15) is 5.69 Å². The standard InChI is InChI=1S/C17H14ClN3O3/c1-2-20-14-9-4-3-8-13(14)15(16(17(20)22)21(23)24)19-12-7-5-6-11(18)10-12/h3-10,19H,2H2,1H3. The van der Waals surface area contributed by atoms with E-state index in [1.54, 1.807) is 55.5 Å². The molecule has 122 valence electrons. The van der Waals surface area contributed by atoms with Gasteiger partial charge in [0.25, 0.3) is 0 Å². The van der Waals surface area contributed by atoms with E-state index in [4.69, 9.17) is 11.6 Å². The van der Waals surface area contributed by atoms with E-state index in [1.807, 2.05) is 0 Å². The summed E-state index contributed by atoms with van der Waals surface area (Å²) in [5.74, 6) is 0. The predicted octanol–water partition coefficient (Wildman–Crippen LogP) is 4.33. The first kappa shape index (κ1) is 16.0. The normalized spacial score (nSPS) is 10.8. The monoisotopic (exact) mass is 343 g/mol. The van der Waals surface area contributed by atoms with Gasteiger partial charge in [0.05, 0.1) is 10.4 Å². The molecule has 6 nitrogen and oxygen atoms in total. The van der Waals surface area contributed by atoms with Crippen LogP contribution >= 0.6 is 11.6 Å². The van der Waals surface area contributed by atoms with Crippen molar-refractivity contribution >= 4 is 39.6 Å². The number of pyridine rings is 1. The summed E-state index contributed by atoms with van der Waals surface area (Å²) in [6.45, 7) is 2.12. The Morgan fingerprint density at radius 2 is 1.96 bits per heavy atom. The van der Waals surface area contributed by atoms with Crippen molar-refractivity contribution in [3.8, 4) is 0 Å². The number of hydrogen-bond acceptors (Lipinski definition) is 4. The van der Waals surface area contributed by atoms with Crippen LogP contribution in [0.15, 0.2) is 53.3 Å². The van der Waals surface area contributed by atoms with Crippen LogP contribution in [0.3, 0.4) is 0 Å². The minimum Gasteiger partial charge on any atom is -0.349 e. The molecule has 0 unspecified atom stereocenters. The first-order valence-corrected chi connectivity index (χ1v) is 7.73. The van der Waals surface area contributed by atoms with Crippen LogP contribution < -0.4 is 10.9 Å². The van der Waals surface area contributed by atoms with Crippen molar-refractivity contribution in [2.75, 3.05) is 5.32 Å². The maximum atomic E-state index is 12.6. The number of rotatable bonds is 4. The summed E-state index contributed by atoms with van der Waals surface area (Å²) in [6.07, 6.45) is 0. The van der Waals surface area contributed by atoms with Crippen LogP contribution in [0.1, 0.15) is 6.92 Å². The second-order valence-corrected chi connectivity index (χ2v) is 5.62. The molecule has 0 aliphatic rings. The summed E-state index contributed by atoms with van der Waals surface area (Å²) in [7, 11) is 0. The van der Waals surface area contributed by atoms with Gasteiger partial charge in [-0.1, -0.05) is 35.9 Å². The van der Waals surface area contributed by atoms with E-state index in [0.29, 0.717) is 28.2 Å². The van der Waals surface area contributed by atoms with Gasteiger partial charge < -0.3 is 9.88 Å². The molecule has 0 fully saturated rings. The molecule has 24 heavy (non-hydrogen) atoms. The number of hydrogen-bond donors (Lipinski definition) is 1. The van der Waals surface area contributed by atoms with Gasteiger partial charge in [0.2, 0.25) is 0 Å². The lowest BCUT2D eigenvalue weighted by Gasteiger charge is -2.14. The second-order valence-electron chi connectivity index (χ2n) is 5.18. The zero-order valence-corrected chi connectivity index (χ0v) is 13.6. The molecule has 2 aromatic carbocycles. The van der Waals surface area contributed by atoms with E-state index in [-0.39, 0.29) is 5.69 Å². The summed E-state index contributed by atoms with van der Waals surface area (Å²) in [6, 6.07) is 13.9. The summed E-state index contributed by atoms with van der Waals surface area (Å²) >= 11 is 5.97. The van der Waals surface area contributed by atoms with Gasteiger partial charge >= 0.3 is 11.2 Å². The van der Waals surface area contributed by atoms with Gasteiger partial charge in [0, 0.05) is 22.6 Å². The van der Waals surface area contributed by atoms with Crippen LogP contribution in [0, 0.1) is 10.1 Å². The van der Waals surface area contributed by atoms with Gasteiger partial charge in [-0.15, -0.1) is 0 Å². The maximum absolute atomic E-state index is 12.6. The fourth-order valence-electron chi connectivity index (χ4n) is 2.71. The Hall–Kier alpha value is -2.86. The summed E-state index contributed by atoms with van der Waals surface area (Å²) in [5.41, 5.74) is 0.276. The minimum absolute atomic E-state index is 0.174. The zero-order chi connectivity index (χ0) is 17.3. The van der Waals surface area contributed by atoms with Crippen LogP contribution in [0.25, 0.3) is 10.9 Å². The van der Waals surface area contributed by atoms with E-state index in [0.717, 1.165) is 0 Å². The molecule has 0 radical (unpaired) electrons. The molecule has 3 rings (SSSR count). The highest BCUT2D eigenvalue weighted by atomic mass is 35.5. The first-order valence-electron chi connectivity index (χ1n) is 7.35. The quantitative estimate of drug-likeness (QED) is 0.565. The molecular formula is C17H14ClN3O3. The van der Waals surface area contributed by atoms with Crippen LogP contribution in [-0.2, 0) is 6.54 Å². The van der Waals surface area contributed by atoms with Crippen molar-refractivity contribution in [1.82, 2.24) is 4.57 Å². The molecule has 0 amide bonds. The number of fused-ring (bicyclic) bond motifs is 1. The number of aryl methyl sites for hydroxylation is 1. The average Bonchev–Trinajstić information content (AvgIpc) is 2.55. The topological polar surface area (TPSA) is 77.2 Å². The van der Waals surface area contributed by atoms with Crippen LogP contribution in [0.2, 0.25) is 5.02 Å². The first-order chi connectivity index (χ1) is 11.5. The average molecular weight is 344 g/mol. The van der Waals surface area contributed by atoms with Crippen LogP contribution in [0.4, 0.5) is 17.1 Å². The molecule has 0 bridgehead atoms. The number of nitrogens with one attached hydrogen (secondary N) is 1. The lowest BCUT2D eigenvalue weighted by Crippen LogP contribution is -2.23. The Labute approximate surface area is 142 Å². The lowest BCUT2D eigenvalue weighted by molar-refractivity contribution is -0.385. The molecule has 0 aliphatic carbocycles. The molecular weight excluding hydrogens is 330 g/mol. The molecule has 0 saturated carbocycles. The molecule has 0 spiro atoms. The second kappa shape index (κ2) is 6.33. The van der Waals surface area contributed by atoms with Gasteiger partial charge in [-0.2, -0.15) is 0 Å². The summed E-state index contributed by atoms with van der Waals surface area (Å²) < 4.78 is 1.40. The summed E-state index contributed by atoms with van der Waals surface area (Å²) in [5, 5.41) is 15.6. The highest BCUT2D eigenvalue weighted by Crippen LogP contribution is 2.33. The van der Waals surface area contributed by atoms with Gasteiger partial charge in [-0.3, -0.25) is 14.9 Å².